The van der Waals surface area contributed by atoms with Crippen molar-refractivity contribution in [3.05, 3.63) is 11.5 Å². The van der Waals surface area contributed by atoms with E-state index in [1.165, 1.54) is 7.05 Å². The molecular formula is C3H10N2W. The normalized spacial score (nSPS) is 4.00. The Labute approximate surface area is 53.5 Å². The number of nitrogens with one attached hydrogen (secondary N) is 2. The summed E-state index contributed by atoms with van der Waals surface area (Å²) in [5.41, 5.74) is 12.0. The molecule has 0 bridgehead atoms. The summed E-state index contributed by atoms with van der Waals surface area (Å²) in [6, 6.07) is 0. The molecule has 0 atom stereocenters. The third-order valence-electron chi connectivity index (χ3n) is 0. The van der Waals surface area contributed by atoms with Crippen LogP contribution < -0.4 is 0 Å². The second kappa shape index (κ2) is 46.0. The van der Waals surface area contributed by atoms with Crippen LogP contribution in [-0.2, 0) is 21.1 Å². The standard InChI is InChI=1S/C2H6N.CH4N.W/c1-2-3;1-2;/h3H,2H2,1H3;2H,1H3;/q2*-1;+2. The molecule has 3 heteroatoms. The molecule has 0 saturated heterocycles. The molecule has 0 spiro atoms. The van der Waals surface area contributed by atoms with E-state index in [0.717, 1.165) is 0 Å². The molecule has 0 aliphatic carbocycles. The summed E-state index contributed by atoms with van der Waals surface area (Å²) < 4.78 is 0. The SMILES string of the molecule is CC[NH-].C[NH-].[W+2]. The van der Waals surface area contributed by atoms with Crippen molar-refractivity contribution in [1.82, 2.24) is 0 Å². The van der Waals surface area contributed by atoms with Crippen LogP contribution in [0.2, 0.25) is 0 Å². The van der Waals surface area contributed by atoms with Gasteiger partial charge in [0, 0.05) is 0 Å². The molecule has 0 aliphatic rings. The van der Waals surface area contributed by atoms with Gasteiger partial charge in [-0.05, 0) is 0 Å². The fourth-order valence-electron chi connectivity index (χ4n) is 0. The Morgan fingerprint density at radius 3 is 1.33 bits per heavy atom. The van der Waals surface area contributed by atoms with Gasteiger partial charge in [-0.1, -0.05) is 6.92 Å². The quantitative estimate of drug-likeness (QED) is 0.635. The smallest absolute Gasteiger partial charge is 0.680 e. The minimum atomic E-state index is 0. The van der Waals surface area contributed by atoms with Gasteiger partial charge in [0.15, 0.2) is 0 Å². The monoisotopic (exact) mass is 258 g/mol. The van der Waals surface area contributed by atoms with E-state index in [2.05, 4.69) is 0 Å². The summed E-state index contributed by atoms with van der Waals surface area (Å²) >= 11 is 0. The van der Waals surface area contributed by atoms with Gasteiger partial charge in [0.2, 0.25) is 0 Å². The number of rotatable bonds is 0. The van der Waals surface area contributed by atoms with Gasteiger partial charge < -0.3 is 11.5 Å². The molecule has 0 unspecified atom stereocenters. The maximum Gasteiger partial charge on any atom is 2.00 e. The maximum absolute atomic E-state index is 6.21. The van der Waals surface area contributed by atoms with Crippen LogP contribution in [-0.4, -0.2) is 13.6 Å². The van der Waals surface area contributed by atoms with E-state index in [9.17, 15) is 0 Å². The first-order valence-electron chi connectivity index (χ1n) is 1.56. The Bertz CT molecular complexity index is 8.75. The first kappa shape index (κ1) is 16.0. The third-order valence-corrected chi connectivity index (χ3v) is 0. The van der Waals surface area contributed by atoms with Crippen LogP contribution in [0.4, 0.5) is 0 Å². The van der Waals surface area contributed by atoms with Crippen LogP contribution in [0.1, 0.15) is 6.92 Å². The Kier molecular flexibility index (Phi) is 123. The first-order valence-corrected chi connectivity index (χ1v) is 1.56. The zero-order valence-corrected chi connectivity index (χ0v) is 7.05. The van der Waals surface area contributed by atoms with E-state index in [0.29, 0.717) is 6.54 Å². The van der Waals surface area contributed by atoms with E-state index >= 15 is 0 Å². The molecule has 6 heavy (non-hydrogen) atoms. The summed E-state index contributed by atoms with van der Waals surface area (Å²) in [6.45, 7) is 2.29. The summed E-state index contributed by atoms with van der Waals surface area (Å²) in [5.74, 6) is 0. The molecule has 0 amide bonds. The van der Waals surface area contributed by atoms with E-state index in [1.54, 1.807) is 6.92 Å². The first-order chi connectivity index (χ1) is 2.41. The third kappa shape index (κ3) is 162. The van der Waals surface area contributed by atoms with Gasteiger partial charge in [-0.2, -0.15) is 13.6 Å². The molecule has 0 rings (SSSR count). The van der Waals surface area contributed by atoms with E-state index in [4.69, 9.17) is 11.5 Å². The van der Waals surface area contributed by atoms with Crippen LogP contribution in [0.25, 0.3) is 11.5 Å². The molecule has 0 radical (unpaired) electrons. The van der Waals surface area contributed by atoms with Gasteiger partial charge >= 0.3 is 21.1 Å². The van der Waals surface area contributed by atoms with E-state index < -0.39 is 0 Å². The van der Waals surface area contributed by atoms with Crippen molar-refractivity contribution in [2.45, 2.75) is 6.92 Å². The Morgan fingerprint density at radius 1 is 1.33 bits per heavy atom. The second-order valence-electron chi connectivity index (χ2n) is 0.354. The van der Waals surface area contributed by atoms with E-state index in [1.807, 2.05) is 0 Å². The summed E-state index contributed by atoms with van der Waals surface area (Å²) in [5, 5.41) is 0. The number of hydrogen-bond donors (Lipinski definition) is 0. The van der Waals surface area contributed by atoms with Crippen molar-refractivity contribution in [2.24, 2.45) is 0 Å². The van der Waals surface area contributed by atoms with Gasteiger partial charge in [0.1, 0.15) is 0 Å². The van der Waals surface area contributed by atoms with Gasteiger partial charge in [-0.15, -0.1) is 0 Å². The molecule has 2 nitrogen and oxygen atoms in total. The molecule has 0 aromatic carbocycles. The van der Waals surface area contributed by atoms with Crippen LogP contribution in [0.5, 0.6) is 0 Å². The van der Waals surface area contributed by atoms with Crippen LogP contribution in [0, 0.1) is 0 Å². The summed E-state index contributed by atoms with van der Waals surface area (Å²) in [4.78, 5) is 0. The fourth-order valence-corrected chi connectivity index (χ4v) is 0. The minimum Gasteiger partial charge on any atom is -0.680 e. The topological polar surface area (TPSA) is 47.6 Å². The average molecular weight is 258 g/mol. The zero-order valence-electron chi connectivity index (χ0n) is 4.12. The minimum absolute atomic E-state index is 0. The number of hydrogen-bond acceptors (Lipinski definition) is 0. The molecule has 0 aromatic rings. The summed E-state index contributed by atoms with van der Waals surface area (Å²) in [7, 11) is 1.25. The molecule has 0 aliphatic heterocycles. The van der Waals surface area contributed by atoms with Crippen molar-refractivity contribution in [3.8, 4) is 0 Å². The largest absolute Gasteiger partial charge is 2.00 e. The van der Waals surface area contributed by atoms with Gasteiger partial charge in [0.05, 0.1) is 0 Å². The molecule has 2 N–H and O–H groups in total. The molecule has 38 valence electrons. The molecule has 0 saturated carbocycles. The average Bonchev–Trinajstić information content (AvgIpc) is 1.46. The Balaban J connectivity index is -0.0000000275. The van der Waals surface area contributed by atoms with Gasteiger partial charge in [-0.3, -0.25) is 0 Å². The Morgan fingerprint density at radius 2 is 1.33 bits per heavy atom. The van der Waals surface area contributed by atoms with Crippen molar-refractivity contribution >= 4 is 0 Å². The fraction of sp³-hybridized carbons (Fsp3) is 1.00. The van der Waals surface area contributed by atoms with Crippen molar-refractivity contribution in [2.75, 3.05) is 13.6 Å². The predicted molar refractivity (Wildman–Crippen MR) is 25.1 cm³/mol. The van der Waals surface area contributed by atoms with Gasteiger partial charge in [-0.25, -0.2) is 0 Å². The molecule has 0 aromatic heterocycles. The summed E-state index contributed by atoms with van der Waals surface area (Å²) in [6.07, 6.45) is 0. The van der Waals surface area contributed by atoms with Crippen molar-refractivity contribution in [1.29, 1.82) is 0 Å². The van der Waals surface area contributed by atoms with E-state index in [-0.39, 0.29) is 21.1 Å². The molecular weight excluding hydrogens is 248 g/mol. The van der Waals surface area contributed by atoms with Gasteiger partial charge in [0.25, 0.3) is 0 Å². The predicted octanol–water partition coefficient (Wildman–Crippen LogP) is 1.72. The maximum atomic E-state index is 6.21. The Hall–Kier alpha value is 0.608. The second-order valence-corrected chi connectivity index (χ2v) is 0.354. The molecule has 0 heterocycles. The van der Waals surface area contributed by atoms with Crippen LogP contribution in [0.3, 0.4) is 0 Å². The van der Waals surface area contributed by atoms with Crippen LogP contribution in [0.15, 0.2) is 0 Å². The van der Waals surface area contributed by atoms with Crippen molar-refractivity contribution < 1.29 is 21.1 Å². The van der Waals surface area contributed by atoms with Crippen LogP contribution >= 0.6 is 0 Å². The zero-order chi connectivity index (χ0) is 4.71. The molecule has 0 fully saturated rings. The van der Waals surface area contributed by atoms with Crippen molar-refractivity contribution in [3.63, 3.8) is 0 Å².